The number of nitrogens with one attached hydrogen (secondary N) is 1. The molecule has 1 atom stereocenters. The van der Waals surface area contributed by atoms with Crippen LogP contribution in [0.5, 0.6) is 0 Å². The number of rotatable bonds is 7. The van der Waals surface area contributed by atoms with Crippen molar-refractivity contribution in [1.29, 1.82) is 0 Å². The average molecular weight is 313 g/mol. The van der Waals surface area contributed by atoms with E-state index in [1.165, 1.54) is 6.92 Å². The van der Waals surface area contributed by atoms with E-state index in [9.17, 15) is 23.2 Å². The van der Waals surface area contributed by atoms with Crippen LogP contribution < -0.4 is 5.32 Å². The zero-order chi connectivity index (χ0) is 16.9. The molecule has 1 amide bonds. The van der Waals surface area contributed by atoms with E-state index in [4.69, 9.17) is 0 Å². The lowest BCUT2D eigenvalue weighted by Gasteiger charge is -2.22. The highest BCUT2D eigenvalue weighted by molar-refractivity contribution is 6.01. The highest BCUT2D eigenvalue weighted by Crippen LogP contribution is 2.27. The first-order valence-electron chi connectivity index (χ1n) is 7.31. The molecule has 0 heterocycles. The molecule has 0 saturated carbocycles. The molecule has 0 aromatic heterocycles. The van der Waals surface area contributed by atoms with E-state index in [2.05, 4.69) is 5.32 Å². The van der Waals surface area contributed by atoms with Crippen LogP contribution in [0.15, 0.2) is 23.3 Å². The fraction of sp³-hybridized carbons (Fsp3) is 0.562. The summed E-state index contributed by atoms with van der Waals surface area (Å²) in [6, 6.07) is -0.873. The number of hydrogen-bond acceptors (Lipinski definition) is 3. The van der Waals surface area contributed by atoms with Crippen LogP contribution in [0.1, 0.15) is 46.5 Å². The minimum absolute atomic E-state index is 0.00168. The maximum atomic E-state index is 13.7. The third kappa shape index (κ3) is 4.86. The molecular formula is C16H21F2NO3. The number of carbonyl (C=O) groups is 3. The Labute approximate surface area is 128 Å². The van der Waals surface area contributed by atoms with Gasteiger partial charge in [-0.15, -0.1) is 0 Å². The number of amides is 1. The van der Waals surface area contributed by atoms with Crippen LogP contribution in [0, 0.1) is 5.92 Å². The molecule has 0 radical (unpaired) electrons. The molecule has 0 aromatic rings. The molecule has 6 heteroatoms. The molecule has 0 spiro atoms. The number of hydrogen-bond donors (Lipinski definition) is 1. The van der Waals surface area contributed by atoms with Crippen molar-refractivity contribution in [3.8, 4) is 0 Å². The summed E-state index contributed by atoms with van der Waals surface area (Å²) in [6.45, 7) is 4.81. The van der Waals surface area contributed by atoms with Crippen molar-refractivity contribution in [2.45, 2.75) is 52.5 Å². The van der Waals surface area contributed by atoms with Crippen LogP contribution in [-0.2, 0) is 14.4 Å². The van der Waals surface area contributed by atoms with E-state index < -0.39 is 29.2 Å². The molecule has 0 aliphatic heterocycles. The van der Waals surface area contributed by atoms with Gasteiger partial charge in [-0.3, -0.25) is 9.59 Å². The van der Waals surface area contributed by atoms with Crippen LogP contribution in [0.4, 0.5) is 8.78 Å². The largest absolute Gasteiger partial charge is 0.342 e. The summed E-state index contributed by atoms with van der Waals surface area (Å²) in [5.41, 5.74) is -0.628. The predicted octanol–water partition coefficient (Wildman–Crippen LogP) is 2.94. The maximum absolute atomic E-state index is 13.7. The lowest BCUT2D eigenvalue weighted by atomic mass is 9.95. The molecule has 0 aromatic carbocycles. The van der Waals surface area contributed by atoms with Gasteiger partial charge < -0.3 is 10.1 Å². The Morgan fingerprint density at radius 2 is 1.86 bits per heavy atom. The minimum atomic E-state index is -0.930. The minimum Gasteiger partial charge on any atom is -0.342 e. The molecule has 1 rings (SSSR count). The Balaban J connectivity index is 2.83. The molecule has 0 fully saturated rings. The summed E-state index contributed by atoms with van der Waals surface area (Å²) in [7, 11) is 0. The van der Waals surface area contributed by atoms with Crippen molar-refractivity contribution >= 4 is 17.5 Å². The topological polar surface area (TPSA) is 63.2 Å². The summed E-state index contributed by atoms with van der Waals surface area (Å²) in [5, 5.41) is 2.39. The van der Waals surface area contributed by atoms with Gasteiger partial charge in [-0.05, 0) is 25.3 Å². The van der Waals surface area contributed by atoms with Gasteiger partial charge in [0.2, 0.25) is 0 Å². The molecule has 22 heavy (non-hydrogen) atoms. The second kappa shape index (κ2) is 7.96. The Morgan fingerprint density at radius 3 is 2.36 bits per heavy atom. The summed E-state index contributed by atoms with van der Waals surface area (Å²) in [4.78, 5) is 35.1. The average Bonchev–Trinajstić information content (AvgIpc) is 2.41. The van der Waals surface area contributed by atoms with Crippen LogP contribution in [0.2, 0.25) is 0 Å². The summed E-state index contributed by atoms with van der Waals surface area (Å²) in [5.74, 6) is -3.34. The van der Waals surface area contributed by atoms with Gasteiger partial charge in [-0.2, -0.15) is 0 Å². The lowest BCUT2D eigenvalue weighted by molar-refractivity contribution is -0.128. The van der Waals surface area contributed by atoms with Gasteiger partial charge in [-0.25, -0.2) is 8.78 Å². The monoisotopic (exact) mass is 313 g/mol. The van der Waals surface area contributed by atoms with Crippen LogP contribution in [0.3, 0.4) is 0 Å². The Morgan fingerprint density at radius 1 is 1.23 bits per heavy atom. The summed E-state index contributed by atoms with van der Waals surface area (Å²) >= 11 is 0. The quantitative estimate of drug-likeness (QED) is 0.786. The van der Waals surface area contributed by atoms with Gasteiger partial charge in [-0.1, -0.05) is 13.8 Å². The van der Waals surface area contributed by atoms with E-state index in [1.54, 1.807) is 13.8 Å². The maximum Gasteiger partial charge on any atom is 0.257 e. The molecular weight excluding hydrogens is 292 g/mol. The molecule has 1 N–H and O–H groups in total. The molecule has 122 valence electrons. The molecule has 1 aliphatic carbocycles. The van der Waals surface area contributed by atoms with Crippen molar-refractivity contribution in [3.63, 3.8) is 0 Å². The number of allylic oxidation sites excluding steroid dienone is 2. The third-order valence-corrected chi connectivity index (χ3v) is 3.45. The number of ketones is 2. The highest BCUT2D eigenvalue weighted by Gasteiger charge is 2.29. The standard InChI is InChI=1S/C16H21F2NO3/c1-9(2)15(13(21)8-7-10(3)20)19-16(22)14-11(17)5-4-6-12(14)18/h5,9,15H,4,6-8H2,1-3H3,(H,19,22). The summed E-state index contributed by atoms with van der Waals surface area (Å²) < 4.78 is 27.3. The normalized spacial score (nSPS) is 16.4. The summed E-state index contributed by atoms with van der Waals surface area (Å²) in [6.07, 6.45) is 1.42. The van der Waals surface area contributed by atoms with Crippen molar-refractivity contribution in [2.24, 2.45) is 5.92 Å². The molecule has 0 bridgehead atoms. The first kappa shape index (κ1) is 18.2. The SMILES string of the molecule is CC(=O)CCC(=O)C(NC(=O)C1=C(F)CCC=C1F)C(C)C. The van der Waals surface area contributed by atoms with Gasteiger partial charge in [0, 0.05) is 19.3 Å². The van der Waals surface area contributed by atoms with E-state index in [1.807, 2.05) is 0 Å². The predicted molar refractivity (Wildman–Crippen MR) is 78.2 cm³/mol. The number of carbonyl (C=O) groups excluding carboxylic acids is 3. The second-order valence-corrected chi connectivity index (χ2v) is 5.73. The lowest BCUT2D eigenvalue weighted by Crippen LogP contribution is -2.45. The van der Waals surface area contributed by atoms with Gasteiger partial charge >= 0.3 is 0 Å². The molecule has 1 unspecified atom stereocenters. The van der Waals surface area contributed by atoms with Crippen LogP contribution >= 0.6 is 0 Å². The number of Topliss-reactive ketones (excluding diaryl/α,β-unsaturated/α-hetero) is 2. The Hall–Kier alpha value is -1.85. The van der Waals surface area contributed by atoms with Crippen molar-refractivity contribution in [1.82, 2.24) is 5.32 Å². The van der Waals surface area contributed by atoms with E-state index in [-0.39, 0.29) is 43.2 Å². The molecule has 0 saturated heterocycles. The van der Waals surface area contributed by atoms with Crippen molar-refractivity contribution < 1.29 is 23.2 Å². The zero-order valence-electron chi connectivity index (χ0n) is 13.0. The first-order chi connectivity index (χ1) is 10.2. The van der Waals surface area contributed by atoms with Gasteiger partial charge in [0.05, 0.1) is 6.04 Å². The fourth-order valence-corrected chi connectivity index (χ4v) is 2.20. The van der Waals surface area contributed by atoms with Gasteiger partial charge in [0.15, 0.2) is 5.78 Å². The number of halogens is 2. The third-order valence-electron chi connectivity index (χ3n) is 3.45. The van der Waals surface area contributed by atoms with Crippen molar-refractivity contribution in [2.75, 3.05) is 0 Å². The van der Waals surface area contributed by atoms with Gasteiger partial charge in [0.1, 0.15) is 23.0 Å². The second-order valence-electron chi connectivity index (χ2n) is 5.73. The molecule has 1 aliphatic rings. The van der Waals surface area contributed by atoms with Crippen LogP contribution in [0.25, 0.3) is 0 Å². The zero-order valence-corrected chi connectivity index (χ0v) is 13.0. The Bertz CT molecular complexity index is 536. The Kier molecular flexibility index (Phi) is 6.59. The fourth-order valence-electron chi connectivity index (χ4n) is 2.20. The van der Waals surface area contributed by atoms with Crippen LogP contribution in [-0.4, -0.2) is 23.5 Å². The van der Waals surface area contributed by atoms with Crippen molar-refractivity contribution in [3.05, 3.63) is 23.3 Å². The van der Waals surface area contributed by atoms with E-state index in [0.717, 1.165) is 6.08 Å². The smallest absolute Gasteiger partial charge is 0.257 e. The highest BCUT2D eigenvalue weighted by atomic mass is 19.1. The first-order valence-corrected chi connectivity index (χ1v) is 7.31. The van der Waals surface area contributed by atoms with E-state index >= 15 is 0 Å². The van der Waals surface area contributed by atoms with E-state index in [0.29, 0.717) is 0 Å². The van der Waals surface area contributed by atoms with Gasteiger partial charge in [0.25, 0.3) is 5.91 Å². The molecule has 4 nitrogen and oxygen atoms in total.